The summed E-state index contributed by atoms with van der Waals surface area (Å²) >= 11 is 0. The Balaban J connectivity index is 2.08. The third-order valence-corrected chi connectivity index (χ3v) is 6.41. The lowest BCUT2D eigenvalue weighted by Crippen LogP contribution is -2.18. The Kier molecular flexibility index (Phi) is 5.96. The maximum atomic E-state index is 14.1. The maximum Gasteiger partial charge on any atom is 0.126 e. The van der Waals surface area contributed by atoms with Crippen LogP contribution < -0.4 is 5.73 Å². The van der Waals surface area contributed by atoms with E-state index < -0.39 is 0 Å². The molecule has 1 saturated heterocycles. The standard InChI is InChI=1S/C26H30FN3O/c1-4-16(2)11-22-21-14-24(29)19(15-28)13-25(21)30(20-5-6-23(27)17(3)12-20)26(22)18-7-9-31-10-8-18/h4-6,12-16,18,28H,1,7-11,29H2,2-3H3. The predicted octanol–water partition coefficient (Wildman–Crippen LogP) is 5.92. The third kappa shape index (κ3) is 3.90. The van der Waals surface area contributed by atoms with Gasteiger partial charge in [0.15, 0.2) is 0 Å². The molecule has 0 amide bonds. The fraction of sp³-hybridized carbons (Fsp3) is 0.346. The second-order valence-corrected chi connectivity index (χ2v) is 8.58. The van der Waals surface area contributed by atoms with Crippen molar-refractivity contribution in [2.24, 2.45) is 5.92 Å². The smallest absolute Gasteiger partial charge is 0.126 e. The lowest BCUT2D eigenvalue weighted by molar-refractivity contribution is 0.0840. The van der Waals surface area contributed by atoms with Crippen molar-refractivity contribution in [3.63, 3.8) is 0 Å². The molecule has 4 nitrogen and oxygen atoms in total. The van der Waals surface area contributed by atoms with E-state index in [2.05, 4.69) is 18.1 Å². The Bertz CT molecular complexity index is 1140. The molecular formula is C26H30FN3O. The van der Waals surface area contributed by atoms with Gasteiger partial charge in [-0.15, -0.1) is 6.58 Å². The van der Waals surface area contributed by atoms with Gasteiger partial charge >= 0.3 is 0 Å². The number of nitrogens with one attached hydrogen (secondary N) is 1. The van der Waals surface area contributed by atoms with Crippen LogP contribution in [0.4, 0.5) is 10.1 Å². The maximum absolute atomic E-state index is 14.1. The first kappa shape index (κ1) is 21.3. The summed E-state index contributed by atoms with van der Waals surface area (Å²) in [7, 11) is 0. The molecule has 5 heteroatoms. The van der Waals surface area contributed by atoms with Gasteiger partial charge in [0.05, 0.1) is 5.52 Å². The summed E-state index contributed by atoms with van der Waals surface area (Å²) in [5.41, 5.74) is 12.6. The number of hydrogen-bond donors (Lipinski definition) is 2. The first-order chi connectivity index (χ1) is 14.9. The van der Waals surface area contributed by atoms with Crippen molar-refractivity contribution in [3.8, 4) is 5.69 Å². The van der Waals surface area contributed by atoms with E-state index in [-0.39, 0.29) is 5.82 Å². The summed E-state index contributed by atoms with van der Waals surface area (Å²) in [4.78, 5) is 0. The average Bonchev–Trinajstić information content (AvgIpc) is 3.08. The van der Waals surface area contributed by atoms with Crippen LogP contribution in [-0.2, 0) is 11.2 Å². The quantitative estimate of drug-likeness (QED) is 0.296. The van der Waals surface area contributed by atoms with Gasteiger partial charge in [0.25, 0.3) is 0 Å². The van der Waals surface area contributed by atoms with Crippen molar-refractivity contribution >= 4 is 22.8 Å². The van der Waals surface area contributed by atoms with Crippen molar-refractivity contribution in [1.82, 2.24) is 4.57 Å². The van der Waals surface area contributed by atoms with Crippen LogP contribution in [0.5, 0.6) is 0 Å². The Hall–Kier alpha value is -2.92. The minimum Gasteiger partial charge on any atom is -0.398 e. The number of nitrogens with zero attached hydrogens (tertiary/aromatic N) is 1. The molecule has 1 atom stereocenters. The van der Waals surface area contributed by atoms with Gasteiger partial charge in [0, 0.05) is 53.4 Å². The van der Waals surface area contributed by atoms with Crippen LogP contribution in [-0.4, -0.2) is 24.0 Å². The van der Waals surface area contributed by atoms with E-state index in [0.717, 1.165) is 49.1 Å². The first-order valence-electron chi connectivity index (χ1n) is 10.9. The Morgan fingerprint density at radius 2 is 2.03 bits per heavy atom. The summed E-state index contributed by atoms with van der Waals surface area (Å²) in [6.45, 7) is 9.42. The van der Waals surface area contributed by atoms with Gasteiger partial charge in [-0.3, -0.25) is 0 Å². The molecule has 1 unspecified atom stereocenters. The molecule has 1 fully saturated rings. The van der Waals surface area contributed by atoms with Crippen molar-refractivity contribution in [2.75, 3.05) is 18.9 Å². The van der Waals surface area contributed by atoms with Gasteiger partial charge < -0.3 is 20.4 Å². The fourth-order valence-electron chi connectivity index (χ4n) is 4.64. The van der Waals surface area contributed by atoms with Gasteiger partial charge in [-0.2, -0.15) is 0 Å². The first-order valence-corrected chi connectivity index (χ1v) is 10.9. The molecule has 0 spiro atoms. The molecule has 1 aromatic heterocycles. The molecule has 3 aromatic rings. The summed E-state index contributed by atoms with van der Waals surface area (Å²) in [5.74, 6) is 0.428. The number of rotatable bonds is 6. The largest absolute Gasteiger partial charge is 0.398 e. The summed E-state index contributed by atoms with van der Waals surface area (Å²) in [6.07, 6.45) is 6.01. The highest BCUT2D eigenvalue weighted by molar-refractivity contribution is 5.97. The summed E-state index contributed by atoms with van der Waals surface area (Å²) in [5, 5.41) is 8.90. The van der Waals surface area contributed by atoms with E-state index in [4.69, 9.17) is 15.9 Å². The third-order valence-electron chi connectivity index (χ3n) is 6.41. The van der Waals surface area contributed by atoms with Crippen LogP contribution in [0, 0.1) is 24.1 Å². The molecule has 1 aliphatic rings. The van der Waals surface area contributed by atoms with Gasteiger partial charge in [-0.05, 0) is 73.6 Å². The second kappa shape index (κ2) is 8.67. The second-order valence-electron chi connectivity index (χ2n) is 8.58. The number of allylic oxidation sites excluding steroid dienone is 1. The molecule has 2 heterocycles. The van der Waals surface area contributed by atoms with Crippen LogP contribution in [0.1, 0.15) is 48.1 Å². The lowest BCUT2D eigenvalue weighted by Gasteiger charge is -2.26. The highest BCUT2D eigenvalue weighted by Gasteiger charge is 2.28. The van der Waals surface area contributed by atoms with Gasteiger partial charge in [-0.25, -0.2) is 4.39 Å². The highest BCUT2D eigenvalue weighted by atomic mass is 19.1. The van der Waals surface area contributed by atoms with E-state index in [9.17, 15) is 4.39 Å². The molecule has 3 N–H and O–H groups in total. The zero-order valence-corrected chi connectivity index (χ0v) is 18.2. The van der Waals surface area contributed by atoms with E-state index >= 15 is 0 Å². The average molecular weight is 420 g/mol. The molecule has 2 aromatic carbocycles. The van der Waals surface area contributed by atoms with Crippen molar-refractivity contribution in [3.05, 3.63) is 71.2 Å². The van der Waals surface area contributed by atoms with Crippen LogP contribution in [0.3, 0.4) is 0 Å². The molecule has 0 radical (unpaired) electrons. The number of nitrogen functional groups attached to an aromatic ring is 1. The highest BCUT2D eigenvalue weighted by Crippen LogP contribution is 2.41. The molecule has 162 valence electrons. The van der Waals surface area contributed by atoms with Gasteiger partial charge in [0.1, 0.15) is 5.82 Å². The van der Waals surface area contributed by atoms with Crippen LogP contribution in [0.15, 0.2) is 43.0 Å². The topological polar surface area (TPSA) is 64.0 Å². The van der Waals surface area contributed by atoms with Gasteiger partial charge in [-0.1, -0.05) is 13.0 Å². The molecule has 31 heavy (non-hydrogen) atoms. The predicted molar refractivity (Wildman–Crippen MR) is 126 cm³/mol. The molecule has 0 bridgehead atoms. The van der Waals surface area contributed by atoms with Crippen LogP contribution in [0.25, 0.3) is 16.6 Å². The number of halogens is 1. The van der Waals surface area contributed by atoms with Crippen molar-refractivity contribution < 1.29 is 9.13 Å². The number of fused-ring (bicyclic) bond motifs is 1. The number of aromatic nitrogens is 1. The van der Waals surface area contributed by atoms with E-state index in [0.29, 0.717) is 28.7 Å². The summed E-state index contributed by atoms with van der Waals surface area (Å²) in [6, 6.07) is 9.26. The Morgan fingerprint density at radius 1 is 1.29 bits per heavy atom. The molecule has 0 aliphatic carbocycles. The minimum atomic E-state index is -0.210. The fourth-order valence-corrected chi connectivity index (χ4v) is 4.64. The van der Waals surface area contributed by atoms with Crippen molar-refractivity contribution in [2.45, 2.75) is 39.0 Å². The van der Waals surface area contributed by atoms with E-state index in [1.54, 1.807) is 6.92 Å². The van der Waals surface area contributed by atoms with E-state index in [1.165, 1.54) is 23.5 Å². The normalized spacial score (nSPS) is 15.8. The number of aryl methyl sites for hydroxylation is 1. The number of nitrogens with two attached hydrogens (primary N) is 1. The van der Waals surface area contributed by atoms with Crippen LogP contribution in [0.2, 0.25) is 0 Å². The molecule has 1 aliphatic heterocycles. The number of hydrogen-bond acceptors (Lipinski definition) is 3. The molecule has 0 saturated carbocycles. The zero-order chi connectivity index (χ0) is 22.1. The minimum absolute atomic E-state index is 0.210. The summed E-state index contributed by atoms with van der Waals surface area (Å²) < 4.78 is 22.0. The molecule has 4 rings (SSSR count). The molecular weight excluding hydrogens is 389 g/mol. The monoisotopic (exact) mass is 419 g/mol. The van der Waals surface area contributed by atoms with Crippen molar-refractivity contribution in [1.29, 1.82) is 5.41 Å². The zero-order valence-electron chi connectivity index (χ0n) is 18.2. The van der Waals surface area contributed by atoms with Crippen LogP contribution >= 0.6 is 0 Å². The Morgan fingerprint density at radius 3 is 2.68 bits per heavy atom. The number of benzene rings is 2. The Labute approximate surface area is 183 Å². The van der Waals surface area contributed by atoms with Gasteiger partial charge in [0.2, 0.25) is 0 Å². The number of anilines is 1. The lowest BCUT2D eigenvalue weighted by atomic mass is 9.89. The van der Waals surface area contributed by atoms with E-state index in [1.807, 2.05) is 30.3 Å². The number of ether oxygens (including phenoxy) is 1. The SMILES string of the molecule is C=CC(C)Cc1c(C2CCOCC2)n(-c2ccc(F)c(C)c2)c2cc(C=N)c(N)cc12.